The van der Waals surface area contributed by atoms with E-state index in [0.717, 1.165) is 37.8 Å². The van der Waals surface area contributed by atoms with Gasteiger partial charge in [-0.2, -0.15) is 4.98 Å². The molecule has 4 heteroatoms. The van der Waals surface area contributed by atoms with Gasteiger partial charge in [0.25, 0.3) is 0 Å². The standard InChI is InChI=1S/C47H48N2O2/c1-3-5-16-32(4-2)31-51-45-30-43(48-46(49-45)39-23-14-15-24-44(39)50)35-25-26-38-40-27-33-17-12-13-18-34(33)28-42(40)47(41(38)29-35,36-19-8-6-9-20-36)37-21-10-7-11-22-37/h6-10,12-15,17-21,23-28,30,32,39,41,44,50H,3-5,11,16,22,29,31H2,1-2H3. The number of benzene rings is 3. The van der Waals surface area contributed by atoms with Crippen LogP contribution in [0.2, 0.25) is 0 Å². The average molecular weight is 673 g/mol. The highest BCUT2D eigenvalue weighted by atomic mass is 16.5. The van der Waals surface area contributed by atoms with Crippen LogP contribution in [-0.4, -0.2) is 27.8 Å². The molecule has 4 nitrogen and oxygen atoms in total. The second kappa shape index (κ2) is 14.4. The van der Waals surface area contributed by atoms with Crippen LogP contribution >= 0.6 is 0 Å². The third-order valence-corrected chi connectivity index (χ3v) is 11.6. The van der Waals surface area contributed by atoms with E-state index in [4.69, 9.17) is 14.7 Å². The summed E-state index contributed by atoms with van der Waals surface area (Å²) in [5.74, 6) is 1.51. The number of hydrogen-bond acceptors (Lipinski definition) is 4. The molecule has 5 unspecified atom stereocenters. The molecule has 0 fully saturated rings. The van der Waals surface area contributed by atoms with Gasteiger partial charge in [-0.05, 0) is 82.3 Å². The van der Waals surface area contributed by atoms with Crippen LogP contribution in [-0.2, 0) is 5.41 Å². The predicted molar refractivity (Wildman–Crippen MR) is 210 cm³/mol. The number of aliphatic hydroxyl groups is 1. The zero-order chi connectivity index (χ0) is 34.8. The number of rotatable bonds is 11. The van der Waals surface area contributed by atoms with Crippen molar-refractivity contribution in [3.63, 3.8) is 0 Å². The van der Waals surface area contributed by atoms with Crippen LogP contribution in [0.3, 0.4) is 0 Å². The first-order valence-corrected chi connectivity index (χ1v) is 19.0. The molecule has 0 aliphatic heterocycles. The second-order valence-corrected chi connectivity index (χ2v) is 14.6. The smallest absolute Gasteiger partial charge is 0.217 e. The maximum absolute atomic E-state index is 11.0. The number of unbranched alkanes of at least 4 members (excludes halogenated alkanes) is 1. The molecule has 4 aromatic rings. The van der Waals surface area contributed by atoms with Gasteiger partial charge in [0.1, 0.15) is 5.82 Å². The number of aromatic nitrogens is 2. The summed E-state index contributed by atoms with van der Waals surface area (Å²) in [5.41, 5.74) is 8.66. The van der Waals surface area contributed by atoms with Crippen molar-refractivity contribution in [2.24, 2.45) is 11.8 Å². The summed E-state index contributed by atoms with van der Waals surface area (Å²) in [7, 11) is 0. The number of allylic oxidation sites excluding steroid dienone is 10. The Morgan fingerprint density at radius 2 is 1.69 bits per heavy atom. The Labute approximate surface area is 302 Å². The van der Waals surface area contributed by atoms with Gasteiger partial charge >= 0.3 is 0 Å². The molecule has 0 saturated carbocycles. The topological polar surface area (TPSA) is 55.2 Å². The molecule has 0 bridgehead atoms. The van der Waals surface area contributed by atoms with E-state index in [0.29, 0.717) is 24.2 Å². The highest BCUT2D eigenvalue weighted by Gasteiger charge is 2.53. The van der Waals surface area contributed by atoms with E-state index >= 15 is 0 Å². The molecule has 5 atom stereocenters. The van der Waals surface area contributed by atoms with E-state index in [1.54, 1.807) is 0 Å². The molecule has 0 saturated heterocycles. The van der Waals surface area contributed by atoms with Crippen LogP contribution in [0.5, 0.6) is 5.88 Å². The molecule has 4 aliphatic rings. The van der Waals surface area contributed by atoms with Crippen molar-refractivity contribution >= 4 is 21.9 Å². The fourth-order valence-corrected chi connectivity index (χ4v) is 8.89. The Balaban J connectivity index is 1.27. The third kappa shape index (κ3) is 6.14. The lowest BCUT2D eigenvalue weighted by Crippen LogP contribution is -2.36. The predicted octanol–water partition coefficient (Wildman–Crippen LogP) is 10.9. The van der Waals surface area contributed by atoms with Crippen molar-refractivity contribution in [3.8, 4) is 5.88 Å². The third-order valence-electron chi connectivity index (χ3n) is 11.6. The molecule has 4 aliphatic carbocycles. The van der Waals surface area contributed by atoms with Gasteiger partial charge in [-0.25, -0.2) is 4.98 Å². The summed E-state index contributed by atoms with van der Waals surface area (Å²) in [5, 5.41) is 13.6. The van der Waals surface area contributed by atoms with Gasteiger partial charge in [-0.3, -0.25) is 0 Å². The first-order chi connectivity index (χ1) is 25.1. The number of aliphatic hydroxyl groups excluding tert-OH is 1. The van der Waals surface area contributed by atoms with Crippen LogP contribution in [0.15, 0.2) is 133 Å². The number of hydrogen-bond donors (Lipinski definition) is 1. The summed E-state index contributed by atoms with van der Waals surface area (Å²) < 4.78 is 6.51. The van der Waals surface area contributed by atoms with Crippen molar-refractivity contribution in [2.75, 3.05) is 6.61 Å². The summed E-state index contributed by atoms with van der Waals surface area (Å²) in [6.45, 7) is 5.11. The van der Waals surface area contributed by atoms with Crippen molar-refractivity contribution < 1.29 is 9.84 Å². The number of ether oxygens (including phenoxy) is 1. The fourth-order valence-electron chi connectivity index (χ4n) is 8.89. The quantitative estimate of drug-likeness (QED) is 0.172. The SMILES string of the molecule is CCCCC(CC)COc1cc(C2=CC=C3c4cc5ccccc5cc4C(C4=CC=CCC4)(c4ccccc4)C3C2)nc(C2C=CC=CC2O)n1. The van der Waals surface area contributed by atoms with Crippen molar-refractivity contribution in [1.29, 1.82) is 0 Å². The maximum Gasteiger partial charge on any atom is 0.217 e. The first-order valence-electron chi connectivity index (χ1n) is 19.0. The normalized spacial score (nSPS) is 24.1. The molecule has 0 amide bonds. The highest BCUT2D eigenvalue weighted by Crippen LogP contribution is 2.62. The van der Waals surface area contributed by atoms with E-state index in [-0.39, 0.29) is 17.3 Å². The van der Waals surface area contributed by atoms with E-state index < -0.39 is 6.10 Å². The molecule has 1 heterocycles. The fraction of sp³-hybridized carbons (Fsp3) is 0.319. The molecule has 0 radical (unpaired) electrons. The van der Waals surface area contributed by atoms with Gasteiger partial charge in [-0.15, -0.1) is 0 Å². The summed E-state index contributed by atoms with van der Waals surface area (Å²) in [6, 6.07) is 26.9. The zero-order valence-corrected chi connectivity index (χ0v) is 29.8. The minimum Gasteiger partial charge on any atom is -0.477 e. The summed E-state index contributed by atoms with van der Waals surface area (Å²) >= 11 is 0. The lowest BCUT2D eigenvalue weighted by molar-refractivity contribution is 0.199. The van der Waals surface area contributed by atoms with E-state index in [9.17, 15) is 5.11 Å². The molecule has 51 heavy (non-hydrogen) atoms. The zero-order valence-electron chi connectivity index (χ0n) is 29.8. The van der Waals surface area contributed by atoms with E-state index in [1.807, 2.05) is 30.4 Å². The van der Waals surface area contributed by atoms with Gasteiger partial charge in [0, 0.05) is 17.4 Å². The van der Waals surface area contributed by atoms with Crippen LogP contribution in [0.1, 0.15) is 92.9 Å². The Morgan fingerprint density at radius 1 is 0.882 bits per heavy atom. The Hall–Kier alpha value is -4.80. The molecule has 0 spiro atoms. The molecule has 1 aromatic heterocycles. The Morgan fingerprint density at radius 3 is 2.45 bits per heavy atom. The highest BCUT2D eigenvalue weighted by molar-refractivity contribution is 5.95. The van der Waals surface area contributed by atoms with Gasteiger partial charge in [0.15, 0.2) is 0 Å². The van der Waals surface area contributed by atoms with Gasteiger partial charge < -0.3 is 9.84 Å². The Kier molecular flexibility index (Phi) is 9.44. The maximum atomic E-state index is 11.0. The molecule has 3 aromatic carbocycles. The molecule has 258 valence electrons. The van der Waals surface area contributed by atoms with Gasteiger partial charge in [0.2, 0.25) is 5.88 Å². The van der Waals surface area contributed by atoms with Crippen LogP contribution in [0.4, 0.5) is 0 Å². The van der Waals surface area contributed by atoms with Crippen molar-refractivity contribution in [2.45, 2.75) is 76.2 Å². The van der Waals surface area contributed by atoms with Gasteiger partial charge in [0.05, 0.1) is 24.3 Å². The molecular formula is C47H48N2O2. The summed E-state index contributed by atoms with van der Waals surface area (Å²) in [4.78, 5) is 10.1. The molecular weight excluding hydrogens is 625 g/mol. The largest absolute Gasteiger partial charge is 0.477 e. The summed E-state index contributed by atoms with van der Waals surface area (Å²) in [6.07, 6.45) is 26.0. The minimum absolute atomic E-state index is 0.175. The number of fused-ring (bicyclic) bond motifs is 4. The lowest BCUT2D eigenvalue weighted by Gasteiger charge is -2.42. The van der Waals surface area contributed by atoms with Crippen molar-refractivity contribution in [3.05, 3.63) is 161 Å². The van der Waals surface area contributed by atoms with Gasteiger partial charge in [-0.1, -0.05) is 148 Å². The van der Waals surface area contributed by atoms with Crippen molar-refractivity contribution in [1.82, 2.24) is 9.97 Å². The van der Waals surface area contributed by atoms with Crippen LogP contribution < -0.4 is 4.74 Å². The van der Waals surface area contributed by atoms with Crippen LogP contribution in [0, 0.1) is 11.8 Å². The van der Waals surface area contributed by atoms with E-state index in [1.165, 1.54) is 57.0 Å². The lowest BCUT2D eigenvalue weighted by atomic mass is 9.60. The molecule has 1 N–H and O–H groups in total. The van der Waals surface area contributed by atoms with Crippen LogP contribution in [0.25, 0.3) is 21.9 Å². The number of nitrogens with zero attached hydrogens (tertiary/aromatic N) is 2. The average Bonchev–Trinajstić information content (AvgIpc) is 3.47. The Bertz CT molecular complexity index is 2100. The monoisotopic (exact) mass is 672 g/mol. The molecule has 8 rings (SSSR count). The second-order valence-electron chi connectivity index (χ2n) is 14.6. The first kappa shape index (κ1) is 33.3. The van der Waals surface area contributed by atoms with E-state index in [2.05, 4.69) is 111 Å². The minimum atomic E-state index is -0.687.